The molecular weight excluding hydrogens is 272 g/mol. The van der Waals surface area contributed by atoms with Crippen molar-refractivity contribution in [1.29, 1.82) is 0 Å². The van der Waals surface area contributed by atoms with Crippen molar-refractivity contribution in [3.05, 3.63) is 40.4 Å². The third-order valence-corrected chi connectivity index (χ3v) is 4.91. The maximum atomic E-state index is 4.49. The Morgan fingerprint density at radius 1 is 1.32 bits per heavy atom. The highest BCUT2D eigenvalue weighted by molar-refractivity contribution is 8.01. The number of benzene rings is 1. The molecule has 1 aromatic heterocycles. The second-order valence-corrected chi connectivity index (χ2v) is 6.80. The summed E-state index contributed by atoms with van der Waals surface area (Å²) in [4.78, 5) is 5.76. The number of aryl methyl sites for hydroxylation is 2. The summed E-state index contributed by atoms with van der Waals surface area (Å²) in [6.07, 6.45) is 1.18. The van der Waals surface area contributed by atoms with E-state index in [1.807, 2.05) is 6.92 Å². The van der Waals surface area contributed by atoms with E-state index in [2.05, 4.69) is 47.7 Å². The summed E-state index contributed by atoms with van der Waals surface area (Å²) in [6, 6.07) is 6.67. The molecule has 1 aromatic carbocycles. The van der Waals surface area contributed by atoms with Crippen LogP contribution in [0, 0.1) is 13.8 Å². The number of rotatable bonds is 6. The maximum absolute atomic E-state index is 4.49. The lowest BCUT2D eigenvalue weighted by Crippen LogP contribution is -2.14. The first-order valence-electron chi connectivity index (χ1n) is 6.59. The monoisotopic (exact) mass is 292 g/mol. The predicted octanol–water partition coefficient (Wildman–Crippen LogP) is 4.41. The molecule has 102 valence electrons. The zero-order valence-corrected chi connectivity index (χ0v) is 13.3. The van der Waals surface area contributed by atoms with Crippen LogP contribution in [0.3, 0.4) is 0 Å². The van der Waals surface area contributed by atoms with Crippen molar-refractivity contribution < 1.29 is 0 Å². The molecule has 0 spiro atoms. The fraction of sp³-hybridized carbons (Fsp3) is 0.400. The number of thiazole rings is 1. The van der Waals surface area contributed by atoms with Gasteiger partial charge in [0.25, 0.3) is 0 Å². The number of hydrogen-bond acceptors (Lipinski definition) is 4. The average Bonchev–Trinajstić information content (AvgIpc) is 2.78. The maximum Gasteiger partial charge on any atom is 0.154 e. The van der Waals surface area contributed by atoms with Crippen molar-refractivity contribution >= 4 is 23.1 Å². The molecule has 0 fully saturated rings. The third-order valence-electron chi connectivity index (χ3n) is 2.86. The van der Waals surface area contributed by atoms with E-state index in [1.54, 1.807) is 23.1 Å². The van der Waals surface area contributed by atoms with E-state index in [4.69, 9.17) is 0 Å². The molecule has 1 N–H and O–H groups in total. The van der Waals surface area contributed by atoms with Gasteiger partial charge in [0, 0.05) is 22.5 Å². The fourth-order valence-electron chi connectivity index (χ4n) is 1.81. The van der Waals surface area contributed by atoms with E-state index < -0.39 is 0 Å². The Labute approximate surface area is 123 Å². The van der Waals surface area contributed by atoms with Crippen molar-refractivity contribution in [2.24, 2.45) is 0 Å². The van der Waals surface area contributed by atoms with E-state index >= 15 is 0 Å². The summed E-state index contributed by atoms with van der Waals surface area (Å²) >= 11 is 3.46. The molecule has 0 aliphatic heterocycles. The third kappa shape index (κ3) is 4.34. The van der Waals surface area contributed by atoms with Gasteiger partial charge in [-0.2, -0.15) is 0 Å². The highest BCUT2D eigenvalue weighted by Gasteiger charge is 2.04. The van der Waals surface area contributed by atoms with Crippen LogP contribution >= 0.6 is 23.1 Å². The predicted molar refractivity (Wildman–Crippen MR) is 84.2 cm³/mol. The van der Waals surface area contributed by atoms with Gasteiger partial charge in [-0.1, -0.05) is 24.8 Å². The van der Waals surface area contributed by atoms with Crippen molar-refractivity contribution in [2.45, 2.75) is 43.0 Å². The molecule has 0 radical (unpaired) electrons. The summed E-state index contributed by atoms with van der Waals surface area (Å²) in [5, 5.41) is 5.54. The second-order valence-electron chi connectivity index (χ2n) is 4.62. The van der Waals surface area contributed by atoms with Crippen LogP contribution in [0.5, 0.6) is 0 Å². The normalized spacial score (nSPS) is 10.9. The zero-order valence-electron chi connectivity index (χ0n) is 11.7. The van der Waals surface area contributed by atoms with E-state index in [9.17, 15) is 0 Å². The van der Waals surface area contributed by atoms with Gasteiger partial charge in [-0.15, -0.1) is 11.3 Å². The van der Waals surface area contributed by atoms with E-state index in [-0.39, 0.29) is 0 Å². The second kappa shape index (κ2) is 7.08. The summed E-state index contributed by atoms with van der Waals surface area (Å²) in [5.41, 5.74) is 3.83. The minimum atomic E-state index is 0.959. The van der Waals surface area contributed by atoms with Crippen LogP contribution in [0.1, 0.15) is 30.2 Å². The SMILES string of the molecule is CCCNCc1ccc(Sc2nc(C)cs2)cc1C. The molecule has 2 aromatic rings. The van der Waals surface area contributed by atoms with E-state index in [0.717, 1.165) is 23.1 Å². The highest BCUT2D eigenvalue weighted by Crippen LogP contribution is 2.31. The Bertz CT molecular complexity index is 535. The smallest absolute Gasteiger partial charge is 0.154 e. The molecule has 0 amide bonds. The van der Waals surface area contributed by atoms with Crippen LogP contribution < -0.4 is 5.32 Å². The Morgan fingerprint density at radius 3 is 2.79 bits per heavy atom. The topological polar surface area (TPSA) is 24.9 Å². The van der Waals surface area contributed by atoms with Crippen LogP contribution in [0.15, 0.2) is 32.8 Å². The standard InChI is InChI=1S/C15H20N2S2/c1-4-7-16-9-13-5-6-14(8-11(13)2)19-15-17-12(3)10-18-15/h5-6,8,10,16H,4,7,9H2,1-3H3. The van der Waals surface area contributed by atoms with Crippen molar-refractivity contribution in [2.75, 3.05) is 6.54 Å². The Kier molecular flexibility index (Phi) is 5.43. The van der Waals surface area contributed by atoms with Crippen LogP contribution in [-0.2, 0) is 6.54 Å². The molecule has 0 aliphatic rings. The largest absolute Gasteiger partial charge is 0.313 e. The van der Waals surface area contributed by atoms with Crippen molar-refractivity contribution in [3.8, 4) is 0 Å². The highest BCUT2D eigenvalue weighted by atomic mass is 32.2. The van der Waals surface area contributed by atoms with Gasteiger partial charge in [0.05, 0.1) is 0 Å². The van der Waals surface area contributed by atoms with Gasteiger partial charge in [0.15, 0.2) is 4.34 Å². The van der Waals surface area contributed by atoms with Gasteiger partial charge in [-0.3, -0.25) is 0 Å². The van der Waals surface area contributed by atoms with Crippen LogP contribution in [0.25, 0.3) is 0 Å². The lowest BCUT2D eigenvalue weighted by molar-refractivity contribution is 0.673. The number of nitrogens with zero attached hydrogens (tertiary/aromatic N) is 1. The van der Waals surface area contributed by atoms with Gasteiger partial charge >= 0.3 is 0 Å². The van der Waals surface area contributed by atoms with Crippen molar-refractivity contribution in [1.82, 2.24) is 10.3 Å². The molecule has 0 aliphatic carbocycles. The molecule has 0 atom stereocenters. The first-order chi connectivity index (χ1) is 9.19. The molecule has 2 rings (SSSR count). The zero-order chi connectivity index (χ0) is 13.7. The van der Waals surface area contributed by atoms with Gasteiger partial charge in [-0.25, -0.2) is 4.98 Å². The molecule has 0 saturated heterocycles. The van der Waals surface area contributed by atoms with Crippen LogP contribution in [0.4, 0.5) is 0 Å². The van der Waals surface area contributed by atoms with Gasteiger partial charge in [0.1, 0.15) is 0 Å². The molecule has 0 unspecified atom stereocenters. The number of nitrogens with one attached hydrogen (secondary N) is 1. The Hall–Kier alpha value is -0.840. The minimum absolute atomic E-state index is 0.959. The molecule has 2 nitrogen and oxygen atoms in total. The molecule has 19 heavy (non-hydrogen) atoms. The Balaban J connectivity index is 2.01. The molecule has 1 heterocycles. The van der Waals surface area contributed by atoms with E-state index in [1.165, 1.54) is 22.4 Å². The Morgan fingerprint density at radius 2 is 2.16 bits per heavy atom. The first-order valence-corrected chi connectivity index (χ1v) is 8.29. The number of hydrogen-bond donors (Lipinski definition) is 1. The molecule has 4 heteroatoms. The summed E-state index contributed by atoms with van der Waals surface area (Å²) < 4.78 is 1.12. The van der Waals surface area contributed by atoms with Gasteiger partial charge < -0.3 is 5.32 Å². The lowest BCUT2D eigenvalue weighted by atomic mass is 10.1. The first kappa shape index (κ1) is 14.6. The van der Waals surface area contributed by atoms with Crippen LogP contribution in [0.2, 0.25) is 0 Å². The van der Waals surface area contributed by atoms with E-state index in [0.29, 0.717) is 0 Å². The molecular formula is C15H20N2S2. The average molecular weight is 292 g/mol. The quantitative estimate of drug-likeness (QED) is 0.798. The fourth-order valence-corrected chi connectivity index (χ4v) is 3.72. The van der Waals surface area contributed by atoms with Crippen LogP contribution in [-0.4, -0.2) is 11.5 Å². The molecule has 0 saturated carbocycles. The lowest BCUT2D eigenvalue weighted by Gasteiger charge is -2.08. The summed E-state index contributed by atoms with van der Waals surface area (Å²) in [5.74, 6) is 0. The molecule has 0 bridgehead atoms. The van der Waals surface area contributed by atoms with Crippen molar-refractivity contribution in [3.63, 3.8) is 0 Å². The summed E-state index contributed by atoms with van der Waals surface area (Å²) in [6.45, 7) is 8.44. The van der Waals surface area contributed by atoms with Gasteiger partial charge in [-0.05, 0) is 50.1 Å². The minimum Gasteiger partial charge on any atom is -0.313 e. The summed E-state index contributed by atoms with van der Waals surface area (Å²) in [7, 11) is 0. The van der Waals surface area contributed by atoms with Gasteiger partial charge in [0.2, 0.25) is 0 Å². The number of aromatic nitrogens is 1.